The summed E-state index contributed by atoms with van der Waals surface area (Å²) in [5.74, 6) is 0.273. The van der Waals surface area contributed by atoms with E-state index in [0.717, 1.165) is 12.8 Å². The second kappa shape index (κ2) is 3.06. The van der Waals surface area contributed by atoms with Gasteiger partial charge in [-0.15, -0.1) is 0 Å². The second-order valence-corrected chi connectivity index (χ2v) is 3.49. The highest BCUT2D eigenvalue weighted by Crippen LogP contribution is 2.48. The lowest BCUT2D eigenvalue weighted by Crippen LogP contribution is -2.43. The summed E-state index contributed by atoms with van der Waals surface area (Å²) in [6.45, 7) is 0. The normalized spacial score (nSPS) is 20.1. The average Bonchev–Trinajstić information content (AvgIpc) is 2.84. The predicted octanol–water partition coefficient (Wildman–Crippen LogP) is -0.663. The van der Waals surface area contributed by atoms with Crippen LogP contribution in [-0.2, 0) is 14.9 Å². The molecule has 6 heteroatoms. The van der Waals surface area contributed by atoms with E-state index in [9.17, 15) is 4.79 Å². The SMILES string of the molecule is COC(=O)C(N)C1(c2ncn[nH]2)CC1. The molecule has 1 unspecified atom stereocenters. The van der Waals surface area contributed by atoms with Gasteiger partial charge in [0.05, 0.1) is 12.5 Å². The first-order valence-electron chi connectivity index (χ1n) is 4.40. The Morgan fingerprint density at radius 2 is 2.50 bits per heavy atom. The first kappa shape index (κ1) is 9.14. The number of methoxy groups -OCH3 is 1. The van der Waals surface area contributed by atoms with Crippen LogP contribution < -0.4 is 5.73 Å². The Morgan fingerprint density at radius 1 is 1.79 bits per heavy atom. The van der Waals surface area contributed by atoms with Gasteiger partial charge in [0.2, 0.25) is 0 Å². The van der Waals surface area contributed by atoms with Crippen LogP contribution in [0.2, 0.25) is 0 Å². The van der Waals surface area contributed by atoms with E-state index in [-0.39, 0.29) is 5.41 Å². The average molecular weight is 196 g/mol. The first-order chi connectivity index (χ1) is 6.70. The fraction of sp³-hybridized carbons (Fsp3) is 0.625. The van der Waals surface area contributed by atoms with Gasteiger partial charge in [-0.05, 0) is 12.8 Å². The number of ether oxygens (including phenoxy) is 1. The van der Waals surface area contributed by atoms with E-state index in [1.165, 1.54) is 13.4 Å². The van der Waals surface area contributed by atoms with E-state index in [4.69, 9.17) is 5.73 Å². The number of hydrogen-bond acceptors (Lipinski definition) is 5. The van der Waals surface area contributed by atoms with E-state index in [1.54, 1.807) is 0 Å². The summed E-state index contributed by atoms with van der Waals surface area (Å²) in [7, 11) is 1.33. The van der Waals surface area contributed by atoms with Crippen molar-refractivity contribution in [1.82, 2.24) is 15.2 Å². The van der Waals surface area contributed by atoms with Crippen LogP contribution in [-0.4, -0.2) is 34.3 Å². The zero-order valence-electron chi connectivity index (χ0n) is 7.86. The molecular formula is C8H12N4O2. The summed E-state index contributed by atoms with van der Waals surface area (Å²) < 4.78 is 4.61. The van der Waals surface area contributed by atoms with Crippen LogP contribution in [0.15, 0.2) is 6.33 Å². The number of nitrogens with zero attached hydrogens (tertiary/aromatic N) is 2. The highest BCUT2D eigenvalue weighted by atomic mass is 16.5. The van der Waals surface area contributed by atoms with Crippen LogP contribution in [0.5, 0.6) is 0 Å². The number of esters is 1. The molecule has 3 N–H and O–H groups in total. The van der Waals surface area contributed by atoms with Gasteiger partial charge < -0.3 is 10.5 Å². The number of aromatic amines is 1. The Morgan fingerprint density at radius 3 is 2.93 bits per heavy atom. The smallest absolute Gasteiger partial charge is 0.323 e. The number of carbonyl (C=O) groups excluding carboxylic acids is 1. The van der Waals surface area contributed by atoms with Gasteiger partial charge in [-0.1, -0.05) is 0 Å². The van der Waals surface area contributed by atoms with Crippen LogP contribution in [0.25, 0.3) is 0 Å². The third-order valence-corrected chi connectivity index (χ3v) is 2.73. The van der Waals surface area contributed by atoms with Gasteiger partial charge in [-0.2, -0.15) is 5.10 Å². The molecule has 1 aromatic rings. The molecule has 1 fully saturated rings. The molecule has 1 aromatic heterocycles. The van der Waals surface area contributed by atoms with Crippen molar-refractivity contribution in [1.29, 1.82) is 0 Å². The molecule has 76 valence electrons. The molecule has 0 radical (unpaired) electrons. The van der Waals surface area contributed by atoms with Crippen molar-refractivity contribution >= 4 is 5.97 Å². The number of nitrogens with one attached hydrogen (secondary N) is 1. The van der Waals surface area contributed by atoms with E-state index in [2.05, 4.69) is 19.9 Å². The minimum atomic E-state index is -0.652. The number of H-pyrrole nitrogens is 1. The summed E-state index contributed by atoms with van der Waals surface area (Å²) >= 11 is 0. The zero-order chi connectivity index (χ0) is 10.2. The summed E-state index contributed by atoms with van der Waals surface area (Å²) in [6.07, 6.45) is 3.11. The monoisotopic (exact) mass is 196 g/mol. The van der Waals surface area contributed by atoms with Crippen molar-refractivity contribution in [3.8, 4) is 0 Å². The fourth-order valence-corrected chi connectivity index (χ4v) is 1.63. The van der Waals surface area contributed by atoms with Gasteiger partial charge in [0.15, 0.2) is 0 Å². The van der Waals surface area contributed by atoms with Crippen molar-refractivity contribution < 1.29 is 9.53 Å². The van der Waals surface area contributed by atoms with Crippen LogP contribution >= 0.6 is 0 Å². The van der Waals surface area contributed by atoms with Crippen LogP contribution in [0.3, 0.4) is 0 Å². The minimum absolute atomic E-state index is 0.371. The van der Waals surface area contributed by atoms with E-state index >= 15 is 0 Å². The standard InChI is InChI=1S/C8H12N4O2/c1-14-6(13)5(9)8(2-3-8)7-10-4-11-12-7/h4-5H,2-3,9H2,1H3,(H,10,11,12). The molecule has 1 saturated carbocycles. The summed E-state index contributed by atoms with van der Waals surface area (Å²) in [5, 5.41) is 6.50. The van der Waals surface area contributed by atoms with Crippen molar-refractivity contribution in [2.24, 2.45) is 5.73 Å². The van der Waals surface area contributed by atoms with E-state index in [1.807, 2.05) is 0 Å². The third kappa shape index (κ3) is 1.19. The predicted molar refractivity (Wildman–Crippen MR) is 47.3 cm³/mol. The van der Waals surface area contributed by atoms with Crippen molar-refractivity contribution in [2.75, 3.05) is 7.11 Å². The lowest BCUT2D eigenvalue weighted by molar-refractivity contribution is -0.143. The maximum atomic E-state index is 11.3. The molecule has 14 heavy (non-hydrogen) atoms. The number of rotatable bonds is 3. The van der Waals surface area contributed by atoms with Gasteiger partial charge in [0.25, 0.3) is 0 Å². The topological polar surface area (TPSA) is 93.9 Å². The Kier molecular flexibility index (Phi) is 1.99. The molecule has 0 spiro atoms. The molecular weight excluding hydrogens is 184 g/mol. The molecule has 1 aliphatic rings. The Bertz CT molecular complexity index is 331. The maximum Gasteiger partial charge on any atom is 0.323 e. The summed E-state index contributed by atoms with van der Waals surface area (Å²) in [4.78, 5) is 15.3. The molecule has 6 nitrogen and oxygen atoms in total. The number of aromatic nitrogens is 3. The van der Waals surface area contributed by atoms with E-state index in [0.29, 0.717) is 5.82 Å². The minimum Gasteiger partial charge on any atom is -0.468 e. The fourth-order valence-electron chi connectivity index (χ4n) is 1.63. The molecule has 0 bridgehead atoms. The molecule has 2 rings (SSSR count). The summed E-state index contributed by atoms with van der Waals surface area (Å²) in [5.41, 5.74) is 5.43. The highest BCUT2D eigenvalue weighted by Gasteiger charge is 2.55. The van der Waals surface area contributed by atoms with Gasteiger partial charge in [0, 0.05) is 0 Å². The molecule has 0 saturated heterocycles. The Labute approximate surface area is 80.8 Å². The molecule has 1 heterocycles. The lowest BCUT2D eigenvalue weighted by Gasteiger charge is -2.17. The number of nitrogens with two attached hydrogens (primary N) is 1. The quantitative estimate of drug-likeness (QED) is 0.626. The number of carbonyl (C=O) groups is 1. The molecule has 0 aliphatic heterocycles. The molecule has 0 aromatic carbocycles. The van der Waals surface area contributed by atoms with Gasteiger partial charge in [-0.3, -0.25) is 9.89 Å². The maximum absolute atomic E-state index is 11.3. The highest BCUT2D eigenvalue weighted by molar-refractivity contribution is 5.78. The van der Waals surface area contributed by atoms with Crippen molar-refractivity contribution in [3.05, 3.63) is 12.2 Å². The molecule has 0 amide bonds. The molecule has 1 atom stereocenters. The van der Waals surface area contributed by atoms with Gasteiger partial charge in [0.1, 0.15) is 18.2 Å². The summed E-state index contributed by atoms with van der Waals surface area (Å²) in [6, 6.07) is -0.652. The molecule has 1 aliphatic carbocycles. The Hall–Kier alpha value is -1.43. The van der Waals surface area contributed by atoms with Gasteiger partial charge in [-0.25, -0.2) is 4.98 Å². The van der Waals surface area contributed by atoms with E-state index < -0.39 is 12.0 Å². The lowest BCUT2D eigenvalue weighted by atomic mass is 9.96. The van der Waals surface area contributed by atoms with Gasteiger partial charge >= 0.3 is 5.97 Å². The first-order valence-corrected chi connectivity index (χ1v) is 4.40. The van der Waals surface area contributed by atoms with Crippen molar-refractivity contribution in [2.45, 2.75) is 24.3 Å². The van der Waals surface area contributed by atoms with Crippen molar-refractivity contribution in [3.63, 3.8) is 0 Å². The second-order valence-electron chi connectivity index (χ2n) is 3.49. The third-order valence-electron chi connectivity index (χ3n) is 2.73. The van der Waals surface area contributed by atoms with Crippen LogP contribution in [0.4, 0.5) is 0 Å². The van der Waals surface area contributed by atoms with Crippen LogP contribution in [0.1, 0.15) is 18.7 Å². The largest absolute Gasteiger partial charge is 0.468 e. The number of hydrogen-bond donors (Lipinski definition) is 2. The van der Waals surface area contributed by atoms with Crippen LogP contribution in [0, 0.1) is 0 Å². The zero-order valence-corrected chi connectivity index (χ0v) is 7.86. The Balaban J connectivity index is 2.21.